The summed E-state index contributed by atoms with van der Waals surface area (Å²) in [6, 6.07) is 26.3. The average molecular weight is 613 g/mol. The summed E-state index contributed by atoms with van der Waals surface area (Å²) in [5.41, 5.74) is 4.16. The van der Waals surface area contributed by atoms with Crippen molar-refractivity contribution < 1.29 is 38.2 Å². The number of nitrogens with zero attached hydrogens (tertiary/aromatic N) is 2. The third-order valence-electron chi connectivity index (χ3n) is 6.39. The third-order valence-corrected chi connectivity index (χ3v) is 6.39. The standard InChI is InChI=1S/C31H37N2O3.HI/c1-33(2,3)28-15-13-26(14-16-28)31(34)35-22-10-5-4-9-20-32-21-19-27-23-29(17-18-30(27)32)36-24-25-11-7-6-8-12-25;/h6-8,11-19,21,23H,4-5,9-10,20,22,24H2,1-3H3;1H/q+1;/p-1. The number of unbranched alkanes of at least 4 members (excludes halogenated alkanes) is 3. The Balaban J connectivity index is 0.00000380. The van der Waals surface area contributed by atoms with Crippen LogP contribution in [0, 0.1) is 0 Å². The zero-order valence-corrected chi connectivity index (χ0v) is 24.2. The molecule has 1 heterocycles. The predicted octanol–water partition coefficient (Wildman–Crippen LogP) is 3.84. The fourth-order valence-corrected chi connectivity index (χ4v) is 4.23. The van der Waals surface area contributed by atoms with Gasteiger partial charge in [-0.05, 0) is 73.4 Å². The Morgan fingerprint density at radius 2 is 1.57 bits per heavy atom. The molecule has 3 aromatic carbocycles. The Hall–Kier alpha value is -2.84. The molecule has 0 amide bonds. The minimum absolute atomic E-state index is 0. The normalized spacial score (nSPS) is 11.2. The lowest BCUT2D eigenvalue weighted by atomic mass is 10.2. The molecule has 0 aliphatic carbocycles. The second kappa shape index (κ2) is 13.6. The number of benzene rings is 3. The molecule has 4 rings (SSSR count). The van der Waals surface area contributed by atoms with Gasteiger partial charge in [-0.25, -0.2) is 4.79 Å². The summed E-state index contributed by atoms with van der Waals surface area (Å²) in [4.78, 5) is 12.3. The van der Waals surface area contributed by atoms with Crippen molar-refractivity contribution in [3.8, 4) is 5.75 Å². The summed E-state index contributed by atoms with van der Waals surface area (Å²) in [5, 5.41) is 1.20. The van der Waals surface area contributed by atoms with Crippen LogP contribution in [0.2, 0.25) is 0 Å². The van der Waals surface area contributed by atoms with Gasteiger partial charge in [0.05, 0.1) is 33.3 Å². The lowest BCUT2D eigenvalue weighted by Crippen LogP contribution is -3.00. The van der Waals surface area contributed by atoms with Gasteiger partial charge < -0.3 is 38.0 Å². The molecule has 0 saturated carbocycles. The Bertz CT molecular complexity index is 1260. The molecule has 0 N–H and O–H groups in total. The smallest absolute Gasteiger partial charge is 0.338 e. The molecule has 5 nitrogen and oxygen atoms in total. The summed E-state index contributed by atoms with van der Waals surface area (Å²) in [6.07, 6.45) is 6.28. The Morgan fingerprint density at radius 1 is 0.838 bits per heavy atom. The minimum Gasteiger partial charge on any atom is -1.00 e. The molecular formula is C31H37IN2O3. The molecular weight excluding hydrogens is 575 g/mol. The molecule has 0 radical (unpaired) electrons. The van der Waals surface area contributed by atoms with E-state index in [2.05, 4.69) is 62.2 Å². The lowest BCUT2D eigenvalue weighted by Gasteiger charge is -2.23. The van der Waals surface area contributed by atoms with E-state index in [0.717, 1.165) is 48.1 Å². The third kappa shape index (κ3) is 8.33. The van der Waals surface area contributed by atoms with Gasteiger partial charge in [-0.2, -0.15) is 0 Å². The second-order valence-corrected chi connectivity index (χ2v) is 10.1. The van der Waals surface area contributed by atoms with Crippen LogP contribution in [0.25, 0.3) is 10.9 Å². The SMILES string of the molecule is C[N+](C)(C)c1ccc(C(=O)OCCCCCCn2ccc3cc(OCc4ccccc4)ccc32)cc1.[I-]. The molecule has 0 bridgehead atoms. The van der Waals surface area contributed by atoms with E-state index in [1.165, 1.54) is 16.5 Å². The first kappa shape index (κ1) is 28.7. The largest absolute Gasteiger partial charge is 1.00 e. The van der Waals surface area contributed by atoms with Crippen LogP contribution in [0.15, 0.2) is 85.1 Å². The highest BCUT2D eigenvalue weighted by Crippen LogP contribution is 2.23. The van der Waals surface area contributed by atoms with Crippen molar-refractivity contribution in [2.24, 2.45) is 0 Å². The van der Waals surface area contributed by atoms with E-state index in [0.29, 0.717) is 18.8 Å². The van der Waals surface area contributed by atoms with Gasteiger partial charge in [0.1, 0.15) is 18.0 Å². The molecule has 1 aromatic heterocycles. The van der Waals surface area contributed by atoms with E-state index in [9.17, 15) is 4.79 Å². The number of aryl methyl sites for hydroxylation is 1. The Labute approximate surface area is 237 Å². The number of fused-ring (bicyclic) bond motifs is 1. The van der Waals surface area contributed by atoms with Gasteiger partial charge in [0.2, 0.25) is 0 Å². The summed E-state index contributed by atoms with van der Waals surface area (Å²) in [6.45, 7) is 2.02. The van der Waals surface area contributed by atoms with Gasteiger partial charge in [-0.1, -0.05) is 36.8 Å². The molecule has 0 fully saturated rings. The monoisotopic (exact) mass is 612 g/mol. The van der Waals surface area contributed by atoms with Gasteiger partial charge in [0, 0.05) is 23.6 Å². The molecule has 0 spiro atoms. The van der Waals surface area contributed by atoms with Gasteiger partial charge in [0.25, 0.3) is 0 Å². The molecule has 0 unspecified atom stereocenters. The van der Waals surface area contributed by atoms with Crippen LogP contribution in [0.5, 0.6) is 5.75 Å². The Morgan fingerprint density at radius 3 is 2.30 bits per heavy atom. The molecule has 37 heavy (non-hydrogen) atoms. The second-order valence-electron chi connectivity index (χ2n) is 10.1. The maximum Gasteiger partial charge on any atom is 0.338 e. The number of halogens is 1. The Kier molecular flexibility index (Phi) is 10.6. The number of aromatic nitrogens is 1. The van der Waals surface area contributed by atoms with Crippen molar-refractivity contribution >= 4 is 22.6 Å². The van der Waals surface area contributed by atoms with Gasteiger partial charge in [-0.3, -0.25) is 4.48 Å². The maximum absolute atomic E-state index is 12.3. The molecule has 0 aliphatic heterocycles. The summed E-state index contributed by atoms with van der Waals surface area (Å²) in [5.74, 6) is 0.650. The van der Waals surface area contributed by atoms with Crippen molar-refractivity contribution in [2.75, 3.05) is 27.7 Å². The van der Waals surface area contributed by atoms with E-state index in [1.54, 1.807) is 0 Å². The molecule has 4 aromatic rings. The summed E-state index contributed by atoms with van der Waals surface area (Å²) < 4.78 is 14.4. The van der Waals surface area contributed by atoms with E-state index in [-0.39, 0.29) is 29.9 Å². The molecule has 196 valence electrons. The predicted molar refractivity (Wildman–Crippen MR) is 147 cm³/mol. The quantitative estimate of drug-likeness (QED) is 0.106. The molecule has 0 aliphatic rings. The number of hydrogen-bond donors (Lipinski definition) is 0. The first-order valence-electron chi connectivity index (χ1n) is 12.7. The van der Waals surface area contributed by atoms with Crippen molar-refractivity contribution in [1.82, 2.24) is 9.05 Å². The first-order chi connectivity index (χ1) is 17.4. The fourth-order valence-electron chi connectivity index (χ4n) is 4.23. The van der Waals surface area contributed by atoms with Crippen molar-refractivity contribution in [1.29, 1.82) is 0 Å². The van der Waals surface area contributed by atoms with E-state index in [4.69, 9.17) is 9.47 Å². The highest BCUT2D eigenvalue weighted by molar-refractivity contribution is 5.89. The van der Waals surface area contributed by atoms with Crippen LogP contribution in [0.4, 0.5) is 5.69 Å². The number of ether oxygens (including phenoxy) is 2. The number of rotatable bonds is 12. The highest BCUT2D eigenvalue weighted by atomic mass is 127. The van der Waals surface area contributed by atoms with Gasteiger partial charge in [-0.15, -0.1) is 0 Å². The number of carbonyl (C=O) groups excluding carboxylic acids is 1. The van der Waals surface area contributed by atoms with Crippen LogP contribution in [0.3, 0.4) is 0 Å². The number of carbonyl (C=O) groups is 1. The van der Waals surface area contributed by atoms with Crippen LogP contribution < -0.4 is 33.2 Å². The summed E-state index contributed by atoms with van der Waals surface area (Å²) in [7, 11) is 6.31. The first-order valence-corrected chi connectivity index (χ1v) is 12.7. The topological polar surface area (TPSA) is 40.5 Å². The highest BCUT2D eigenvalue weighted by Gasteiger charge is 2.13. The van der Waals surface area contributed by atoms with Crippen LogP contribution >= 0.6 is 0 Å². The van der Waals surface area contributed by atoms with Gasteiger partial charge >= 0.3 is 5.97 Å². The molecule has 0 saturated heterocycles. The molecule has 0 atom stereocenters. The minimum atomic E-state index is -0.242. The average Bonchev–Trinajstić information content (AvgIpc) is 3.29. The van der Waals surface area contributed by atoms with Crippen molar-refractivity contribution in [2.45, 2.75) is 38.8 Å². The van der Waals surface area contributed by atoms with Crippen LogP contribution in [-0.4, -0.2) is 38.3 Å². The molecule has 6 heteroatoms. The number of hydrogen-bond acceptors (Lipinski definition) is 3. The zero-order valence-electron chi connectivity index (χ0n) is 22.0. The zero-order chi connectivity index (χ0) is 25.4. The van der Waals surface area contributed by atoms with E-state index >= 15 is 0 Å². The number of quaternary nitrogens is 1. The van der Waals surface area contributed by atoms with E-state index in [1.807, 2.05) is 48.5 Å². The number of esters is 1. The van der Waals surface area contributed by atoms with Crippen LogP contribution in [0.1, 0.15) is 41.6 Å². The van der Waals surface area contributed by atoms with Crippen molar-refractivity contribution in [3.05, 3.63) is 96.2 Å². The van der Waals surface area contributed by atoms with Gasteiger partial charge in [0.15, 0.2) is 0 Å². The maximum atomic E-state index is 12.3. The lowest BCUT2D eigenvalue weighted by molar-refractivity contribution is -0.0000261. The summed E-state index contributed by atoms with van der Waals surface area (Å²) >= 11 is 0. The van der Waals surface area contributed by atoms with Crippen LogP contribution in [-0.2, 0) is 17.9 Å². The van der Waals surface area contributed by atoms with E-state index < -0.39 is 0 Å². The van der Waals surface area contributed by atoms with Crippen molar-refractivity contribution in [3.63, 3.8) is 0 Å². The fraction of sp³-hybridized carbons (Fsp3) is 0.323.